The molecule has 22 heavy (non-hydrogen) atoms. The number of anilines is 2. The van der Waals surface area contributed by atoms with Gasteiger partial charge in [-0.05, 0) is 24.3 Å². The topological polar surface area (TPSA) is 110 Å². The van der Waals surface area contributed by atoms with Gasteiger partial charge in [-0.1, -0.05) is 11.8 Å². The van der Waals surface area contributed by atoms with Crippen molar-refractivity contribution in [2.45, 2.75) is 5.16 Å². The molecule has 0 radical (unpaired) electrons. The molecule has 7 nitrogen and oxygen atoms in total. The van der Waals surface area contributed by atoms with Crippen LogP contribution in [0.3, 0.4) is 0 Å². The third-order valence-electron chi connectivity index (χ3n) is 2.76. The molecule has 2 aromatic heterocycles. The van der Waals surface area contributed by atoms with Gasteiger partial charge in [-0.25, -0.2) is 19.3 Å². The van der Waals surface area contributed by atoms with Gasteiger partial charge >= 0.3 is 0 Å². The van der Waals surface area contributed by atoms with Crippen molar-refractivity contribution in [3.05, 3.63) is 36.4 Å². The van der Waals surface area contributed by atoms with E-state index in [9.17, 15) is 9.18 Å². The highest BCUT2D eigenvalue weighted by Gasteiger charge is 2.10. The number of nitrogens with two attached hydrogens (primary N) is 1. The number of nitrogen functional groups attached to an aromatic ring is 1. The molecule has 0 aliphatic heterocycles. The lowest BCUT2D eigenvalue weighted by molar-refractivity contribution is -0.113. The summed E-state index contributed by atoms with van der Waals surface area (Å²) in [7, 11) is 0. The lowest BCUT2D eigenvalue weighted by Crippen LogP contribution is -2.14. The van der Waals surface area contributed by atoms with Crippen molar-refractivity contribution in [3.63, 3.8) is 0 Å². The molecule has 0 saturated heterocycles. The van der Waals surface area contributed by atoms with Crippen molar-refractivity contribution in [3.8, 4) is 0 Å². The second-order valence-electron chi connectivity index (χ2n) is 4.34. The molecule has 0 unspecified atom stereocenters. The first-order chi connectivity index (χ1) is 10.6. The third kappa shape index (κ3) is 3.14. The van der Waals surface area contributed by atoms with E-state index in [1.54, 1.807) is 0 Å². The van der Waals surface area contributed by atoms with Gasteiger partial charge in [0.1, 0.15) is 17.7 Å². The number of hydrogen-bond donors (Lipinski definition) is 3. The van der Waals surface area contributed by atoms with E-state index in [1.807, 2.05) is 0 Å². The van der Waals surface area contributed by atoms with Gasteiger partial charge < -0.3 is 16.0 Å². The fourth-order valence-corrected chi connectivity index (χ4v) is 2.42. The van der Waals surface area contributed by atoms with E-state index in [4.69, 9.17) is 5.73 Å². The number of benzene rings is 1. The second-order valence-corrected chi connectivity index (χ2v) is 5.31. The highest BCUT2D eigenvalue weighted by Crippen LogP contribution is 2.20. The molecule has 0 spiro atoms. The van der Waals surface area contributed by atoms with Crippen molar-refractivity contribution >= 4 is 40.3 Å². The SMILES string of the molecule is Nc1ncnc2nc(SCC(=O)Nc3ccc(F)cc3)[nH]c12. The van der Waals surface area contributed by atoms with E-state index in [2.05, 4.69) is 25.3 Å². The lowest BCUT2D eigenvalue weighted by atomic mass is 10.3. The number of thioether (sulfide) groups is 1. The van der Waals surface area contributed by atoms with Crippen molar-refractivity contribution in [1.29, 1.82) is 0 Å². The first kappa shape index (κ1) is 14.3. The number of carbonyl (C=O) groups excluding carboxylic acids is 1. The van der Waals surface area contributed by atoms with Crippen LogP contribution in [-0.4, -0.2) is 31.6 Å². The first-order valence-corrected chi connectivity index (χ1v) is 7.25. The van der Waals surface area contributed by atoms with Crippen LogP contribution in [0.5, 0.6) is 0 Å². The number of imidazole rings is 1. The zero-order valence-electron chi connectivity index (χ0n) is 11.2. The molecule has 0 aliphatic rings. The molecular formula is C13H11FN6OS. The van der Waals surface area contributed by atoms with Crippen LogP contribution in [0.25, 0.3) is 11.2 Å². The largest absolute Gasteiger partial charge is 0.382 e. The Morgan fingerprint density at radius 3 is 2.82 bits per heavy atom. The first-order valence-electron chi connectivity index (χ1n) is 6.26. The van der Waals surface area contributed by atoms with Gasteiger partial charge in [0, 0.05) is 5.69 Å². The van der Waals surface area contributed by atoms with Crippen molar-refractivity contribution in [2.24, 2.45) is 0 Å². The summed E-state index contributed by atoms with van der Waals surface area (Å²) in [6, 6.07) is 5.55. The fourth-order valence-electron chi connectivity index (χ4n) is 1.76. The van der Waals surface area contributed by atoms with Gasteiger partial charge in [0.25, 0.3) is 0 Å². The molecule has 2 heterocycles. The molecule has 0 aliphatic carbocycles. The van der Waals surface area contributed by atoms with Crippen LogP contribution < -0.4 is 11.1 Å². The quantitative estimate of drug-likeness (QED) is 0.633. The fraction of sp³-hybridized carbons (Fsp3) is 0.0769. The van der Waals surface area contributed by atoms with Crippen LogP contribution in [0.15, 0.2) is 35.7 Å². The molecule has 1 amide bonds. The van der Waals surface area contributed by atoms with Gasteiger partial charge in [-0.3, -0.25) is 4.79 Å². The van der Waals surface area contributed by atoms with E-state index in [0.29, 0.717) is 27.8 Å². The van der Waals surface area contributed by atoms with Crippen LogP contribution >= 0.6 is 11.8 Å². The summed E-state index contributed by atoms with van der Waals surface area (Å²) in [5, 5.41) is 3.19. The van der Waals surface area contributed by atoms with E-state index >= 15 is 0 Å². The predicted octanol–water partition coefficient (Wildman–Crippen LogP) is 1.81. The number of halogens is 1. The Bertz CT molecular complexity index is 819. The number of hydrogen-bond acceptors (Lipinski definition) is 6. The molecular weight excluding hydrogens is 307 g/mol. The average Bonchev–Trinajstić information content (AvgIpc) is 2.92. The Morgan fingerprint density at radius 1 is 1.32 bits per heavy atom. The van der Waals surface area contributed by atoms with Crippen molar-refractivity contribution in [2.75, 3.05) is 16.8 Å². The summed E-state index contributed by atoms with van der Waals surface area (Å²) in [5.41, 5.74) is 7.23. The summed E-state index contributed by atoms with van der Waals surface area (Å²) < 4.78 is 12.8. The summed E-state index contributed by atoms with van der Waals surface area (Å²) in [4.78, 5) is 26.8. The number of H-pyrrole nitrogens is 1. The average molecular weight is 318 g/mol. The number of nitrogens with one attached hydrogen (secondary N) is 2. The van der Waals surface area contributed by atoms with Gasteiger partial charge in [-0.2, -0.15) is 0 Å². The molecule has 3 aromatic rings. The van der Waals surface area contributed by atoms with Crippen LogP contribution in [0.4, 0.5) is 15.9 Å². The van der Waals surface area contributed by atoms with Crippen LogP contribution in [0.2, 0.25) is 0 Å². The number of aromatic nitrogens is 4. The summed E-state index contributed by atoms with van der Waals surface area (Å²) in [5.74, 6) is -0.130. The zero-order chi connectivity index (χ0) is 15.5. The molecule has 0 atom stereocenters. The van der Waals surface area contributed by atoms with E-state index in [-0.39, 0.29) is 17.5 Å². The molecule has 112 valence electrons. The number of rotatable bonds is 4. The maximum atomic E-state index is 12.8. The van der Waals surface area contributed by atoms with Crippen molar-refractivity contribution in [1.82, 2.24) is 19.9 Å². The summed E-state index contributed by atoms with van der Waals surface area (Å²) >= 11 is 1.21. The minimum absolute atomic E-state index is 0.143. The van der Waals surface area contributed by atoms with Gasteiger partial charge in [0.15, 0.2) is 16.6 Å². The van der Waals surface area contributed by atoms with E-state index in [1.165, 1.54) is 42.4 Å². The predicted molar refractivity (Wildman–Crippen MR) is 81.8 cm³/mol. The van der Waals surface area contributed by atoms with Gasteiger partial charge in [-0.15, -0.1) is 0 Å². The Morgan fingerprint density at radius 2 is 2.09 bits per heavy atom. The molecule has 0 saturated carbocycles. The van der Waals surface area contributed by atoms with Crippen LogP contribution in [0.1, 0.15) is 0 Å². The monoisotopic (exact) mass is 318 g/mol. The molecule has 0 fully saturated rings. The van der Waals surface area contributed by atoms with E-state index < -0.39 is 0 Å². The van der Waals surface area contributed by atoms with Crippen LogP contribution in [-0.2, 0) is 4.79 Å². The number of carbonyl (C=O) groups is 1. The summed E-state index contributed by atoms with van der Waals surface area (Å²) in [6.45, 7) is 0. The Kier molecular flexibility index (Phi) is 3.88. The van der Waals surface area contributed by atoms with Gasteiger partial charge in [0.05, 0.1) is 5.75 Å². The van der Waals surface area contributed by atoms with Crippen molar-refractivity contribution < 1.29 is 9.18 Å². The highest BCUT2D eigenvalue weighted by molar-refractivity contribution is 7.99. The number of fused-ring (bicyclic) bond motifs is 1. The summed E-state index contributed by atoms with van der Waals surface area (Å²) in [6.07, 6.45) is 1.33. The maximum absolute atomic E-state index is 12.8. The standard InChI is InChI=1S/C13H11FN6OS/c14-7-1-3-8(4-2-7)18-9(21)5-22-13-19-10-11(15)16-6-17-12(10)20-13/h1-4,6H,5H2,(H,18,21)(H3,15,16,17,19,20). The van der Waals surface area contributed by atoms with Crippen LogP contribution in [0, 0.1) is 5.82 Å². The number of nitrogens with zero attached hydrogens (tertiary/aromatic N) is 3. The maximum Gasteiger partial charge on any atom is 0.234 e. The zero-order valence-corrected chi connectivity index (χ0v) is 12.0. The normalized spacial score (nSPS) is 10.8. The second kappa shape index (κ2) is 5.98. The minimum Gasteiger partial charge on any atom is -0.382 e. The highest BCUT2D eigenvalue weighted by atomic mass is 32.2. The minimum atomic E-state index is -0.353. The molecule has 4 N–H and O–H groups in total. The Balaban J connectivity index is 1.62. The Labute approximate surface area is 128 Å². The molecule has 3 rings (SSSR count). The van der Waals surface area contributed by atoms with Gasteiger partial charge in [0.2, 0.25) is 5.91 Å². The Hall–Kier alpha value is -2.68. The molecule has 1 aromatic carbocycles. The smallest absolute Gasteiger partial charge is 0.234 e. The lowest BCUT2D eigenvalue weighted by Gasteiger charge is -2.03. The third-order valence-corrected chi connectivity index (χ3v) is 3.64. The molecule has 0 bridgehead atoms. The molecule has 9 heteroatoms. The number of amides is 1. The van der Waals surface area contributed by atoms with E-state index in [0.717, 1.165) is 0 Å². The number of aromatic amines is 1.